The maximum absolute atomic E-state index is 11.3. The number of carboxylic acid groups (broad SMARTS) is 1. The Morgan fingerprint density at radius 1 is 1.52 bits per heavy atom. The van der Waals surface area contributed by atoms with E-state index in [4.69, 9.17) is 0 Å². The molecule has 1 aromatic heterocycles. The summed E-state index contributed by atoms with van der Waals surface area (Å²) in [5.41, 5.74) is 0.309. The first kappa shape index (κ1) is 15.3. The highest BCUT2D eigenvalue weighted by molar-refractivity contribution is 5.70. The Morgan fingerprint density at radius 2 is 2.19 bits per heavy atom. The van der Waals surface area contributed by atoms with Crippen LogP contribution < -0.4 is 5.32 Å². The lowest BCUT2D eigenvalue weighted by atomic mass is 9.79. The number of nitro groups is 1. The van der Waals surface area contributed by atoms with Gasteiger partial charge in [0.05, 0.1) is 10.8 Å². The van der Waals surface area contributed by atoms with Crippen LogP contribution in [-0.4, -0.2) is 32.3 Å². The lowest BCUT2D eigenvalue weighted by molar-refractivity contribution is -0.384. The summed E-state index contributed by atoms with van der Waals surface area (Å²) >= 11 is 0. The van der Waals surface area contributed by atoms with Gasteiger partial charge >= 0.3 is 11.7 Å². The number of aromatic nitrogens is 2. The van der Waals surface area contributed by atoms with E-state index >= 15 is 0 Å². The summed E-state index contributed by atoms with van der Waals surface area (Å²) in [5.74, 6) is -0.824. The fourth-order valence-corrected chi connectivity index (χ4v) is 3.07. The first-order chi connectivity index (χ1) is 9.91. The van der Waals surface area contributed by atoms with Crippen molar-refractivity contribution >= 4 is 17.5 Å². The predicted octanol–water partition coefficient (Wildman–Crippen LogP) is 1.94. The molecule has 1 fully saturated rings. The molecule has 1 saturated carbocycles. The van der Waals surface area contributed by atoms with Crippen molar-refractivity contribution in [2.75, 3.05) is 11.9 Å². The van der Waals surface area contributed by atoms with Crippen molar-refractivity contribution in [3.05, 3.63) is 15.8 Å². The van der Waals surface area contributed by atoms with Crippen molar-refractivity contribution in [1.82, 2.24) is 9.78 Å². The summed E-state index contributed by atoms with van der Waals surface area (Å²) in [6.07, 6.45) is 3.43. The molecular weight excluding hydrogens is 276 g/mol. The Hall–Kier alpha value is -2.12. The number of carbonyl (C=O) groups is 1. The number of nitrogens with one attached hydrogen (secondary N) is 1. The molecule has 2 atom stereocenters. The molecule has 1 heterocycles. The Kier molecular flexibility index (Phi) is 4.44. The zero-order chi connectivity index (χ0) is 15.6. The lowest BCUT2D eigenvalue weighted by Gasteiger charge is -2.28. The second-order valence-corrected chi connectivity index (χ2v) is 5.53. The van der Waals surface area contributed by atoms with Gasteiger partial charge in [-0.1, -0.05) is 12.8 Å². The van der Waals surface area contributed by atoms with Gasteiger partial charge in [-0.15, -0.1) is 0 Å². The molecule has 2 N–H and O–H groups in total. The predicted molar refractivity (Wildman–Crippen MR) is 76.2 cm³/mol. The molecule has 1 aliphatic carbocycles. The van der Waals surface area contributed by atoms with E-state index in [9.17, 15) is 20.0 Å². The minimum atomic E-state index is -0.780. The first-order valence-corrected chi connectivity index (χ1v) is 7.06. The third-order valence-corrected chi connectivity index (χ3v) is 4.13. The number of hydrogen-bond acceptors (Lipinski definition) is 5. The highest BCUT2D eigenvalue weighted by Gasteiger charge is 2.32. The van der Waals surface area contributed by atoms with Gasteiger partial charge in [0.25, 0.3) is 0 Å². The summed E-state index contributed by atoms with van der Waals surface area (Å²) in [6, 6.07) is 0. The standard InChI is InChI=1S/C13H20N4O4/c1-8-11(17(20)21)12(16(2)15-8)14-7-9-5-3-4-6-10(9)13(18)19/h9-10,14H,3-7H2,1-2H3,(H,18,19). The highest BCUT2D eigenvalue weighted by Crippen LogP contribution is 2.32. The van der Waals surface area contributed by atoms with Crippen molar-refractivity contribution in [2.24, 2.45) is 18.9 Å². The molecule has 0 bridgehead atoms. The van der Waals surface area contributed by atoms with Crippen molar-refractivity contribution < 1.29 is 14.8 Å². The number of anilines is 1. The minimum Gasteiger partial charge on any atom is -0.481 e. The average molecular weight is 296 g/mol. The number of nitrogens with zero attached hydrogens (tertiary/aromatic N) is 3. The summed E-state index contributed by atoms with van der Waals surface area (Å²) in [5, 5.41) is 27.4. The van der Waals surface area contributed by atoms with Crippen LogP contribution in [-0.2, 0) is 11.8 Å². The van der Waals surface area contributed by atoms with E-state index in [0.29, 0.717) is 24.5 Å². The van der Waals surface area contributed by atoms with Gasteiger partial charge in [0, 0.05) is 13.6 Å². The second-order valence-electron chi connectivity index (χ2n) is 5.53. The first-order valence-electron chi connectivity index (χ1n) is 7.06. The normalized spacial score (nSPS) is 22.0. The summed E-state index contributed by atoms with van der Waals surface area (Å²) in [4.78, 5) is 21.9. The van der Waals surface area contributed by atoms with E-state index in [-0.39, 0.29) is 17.5 Å². The number of aryl methyl sites for hydroxylation is 2. The van der Waals surface area contributed by atoms with Gasteiger partial charge in [0.15, 0.2) is 0 Å². The molecule has 1 aliphatic rings. The van der Waals surface area contributed by atoms with Crippen LogP contribution in [0.2, 0.25) is 0 Å². The van der Waals surface area contributed by atoms with Crippen LogP contribution in [0.5, 0.6) is 0 Å². The van der Waals surface area contributed by atoms with E-state index < -0.39 is 10.9 Å². The van der Waals surface area contributed by atoms with Crippen molar-refractivity contribution in [3.8, 4) is 0 Å². The van der Waals surface area contributed by atoms with Crippen LogP contribution in [0.25, 0.3) is 0 Å². The molecule has 0 saturated heterocycles. The summed E-state index contributed by atoms with van der Waals surface area (Å²) in [6.45, 7) is 2.00. The van der Waals surface area contributed by atoms with Gasteiger partial charge in [-0.2, -0.15) is 5.10 Å². The molecule has 0 aromatic carbocycles. The number of hydrogen-bond donors (Lipinski definition) is 2. The van der Waals surface area contributed by atoms with E-state index in [1.165, 1.54) is 4.68 Å². The third kappa shape index (κ3) is 3.14. The van der Waals surface area contributed by atoms with Gasteiger partial charge in [-0.3, -0.25) is 14.9 Å². The highest BCUT2D eigenvalue weighted by atomic mass is 16.6. The van der Waals surface area contributed by atoms with Crippen molar-refractivity contribution in [1.29, 1.82) is 0 Å². The Morgan fingerprint density at radius 3 is 2.81 bits per heavy atom. The van der Waals surface area contributed by atoms with Gasteiger partial charge in [0.2, 0.25) is 5.82 Å². The van der Waals surface area contributed by atoms with Crippen LogP contribution in [0.3, 0.4) is 0 Å². The van der Waals surface area contributed by atoms with Crippen molar-refractivity contribution in [2.45, 2.75) is 32.6 Å². The number of carboxylic acids is 1. The Balaban J connectivity index is 2.12. The summed E-state index contributed by atoms with van der Waals surface area (Å²) in [7, 11) is 1.64. The zero-order valence-corrected chi connectivity index (χ0v) is 12.2. The van der Waals surface area contributed by atoms with Crippen LogP contribution in [0.15, 0.2) is 0 Å². The van der Waals surface area contributed by atoms with E-state index in [1.807, 2.05) is 0 Å². The van der Waals surface area contributed by atoms with Crippen LogP contribution >= 0.6 is 0 Å². The fourth-order valence-electron chi connectivity index (χ4n) is 3.07. The van der Waals surface area contributed by atoms with Gasteiger partial charge in [0.1, 0.15) is 5.69 Å². The maximum atomic E-state index is 11.3. The quantitative estimate of drug-likeness (QED) is 0.634. The SMILES string of the molecule is Cc1nn(C)c(NCC2CCCCC2C(=O)O)c1[N+](=O)[O-]. The maximum Gasteiger partial charge on any atom is 0.333 e. The monoisotopic (exact) mass is 296 g/mol. The molecule has 8 heteroatoms. The molecule has 0 amide bonds. The molecule has 0 aliphatic heterocycles. The zero-order valence-electron chi connectivity index (χ0n) is 12.2. The van der Waals surface area contributed by atoms with E-state index in [0.717, 1.165) is 19.3 Å². The topological polar surface area (TPSA) is 110 Å². The molecule has 21 heavy (non-hydrogen) atoms. The van der Waals surface area contributed by atoms with E-state index in [1.54, 1.807) is 14.0 Å². The lowest BCUT2D eigenvalue weighted by Crippen LogP contribution is -2.32. The molecular formula is C13H20N4O4. The molecule has 2 unspecified atom stereocenters. The van der Waals surface area contributed by atoms with Gasteiger partial charge < -0.3 is 10.4 Å². The number of rotatable bonds is 5. The smallest absolute Gasteiger partial charge is 0.333 e. The largest absolute Gasteiger partial charge is 0.481 e. The Labute approximate surface area is 122 Å². The third-order valence-electron chi connectivity index (χ3n) is 4.13. The van der Waals surface area contributed by atoms with Gasteiger partial charge in [-0.05, 0) is 25.7 Å². The molecule has 2 rings (SSSR count). The molecule has 0 spiro atoms. The minimum absolute atomic E-state index is 0.00828. The second kappa shape index (κ2) is 6.11. The molecule has 1 aromatic rings. The number of aliphatic carboxylic acids is 1. The molecule has 8 nitrogen and oxygen atoms in total. The molecule has 0 radical (unpaired) electrons. The van der Waals surface area contributed by atoms with Crippen LogP contribution in [0.4, 0.5) is 11.5 Å². The van der Waals surface area contributed by atoms with Crippen molar-refractivity contribution in [3.63, 3.8) is 0 Å². The van der Waals surface area contributed by atoms with Crippen LogP contribution in [0, 0.1) is 28.9 Å². The Bertz CT molecular complexity index is 555. The van der Waals surface area contributed by atoms with E-state index in [2.05, 4.69) is 10.4 Å². The molecule has 116 valence electrons. The summed E-state index contributed by atoms with van der Waals surface area (Å²) < 4.78 is 1.44. The van der Waals surface area contributed by atoms with Crippen LogP contribution in [0.1, 0.15) is 31.4 Å². The average Bonchev–Trinajstić information content (AvgIpc) is 2.70. The van der Waals surface area contributed by atoms with Gasteiger partial charge in [-0.25, -0.2) is 4.68 Å². The fraction of sp³-hybridized carbons (Fsp3) is 0.692.